The molecule has 6 nitrogen and oxygen atoms in total. The third-order valence-corrected chi connectivity index (χ3v) is 10.6. The number of ether oxygens (including phenoxy) is 3. The van der Waals surface area contributed by atoms with Crippen LogP contribution in [0.3, 0.4) is 0 Å². The molecule has 1 atom stereocenters. The summed E-state index contributed by atoms with van der Waals surface area (Å²) >= 11 is 0. The van der Waals surface area contributed by atoms with Gasteiger partial charge in [-0.15, -0.1) is 0 Å². The first kappa shape index (κ1) is 51.4. The van der Waals surface area contributed by atoms with E-state index in [2.05, 4.69) is 20.8 Å². The van der Waals surface area contributed by atoms with E-state index in [1.165, 1.54) is 167 Å². The molecule has 0 fully saturated rings. The van der Waals surface area contributed by atoms with Crippen LogP contribution in [0, 0.1) is 0 Å². The van der Waals surface area contributed by atoms with E-state index in [0.717, 1.165) is 57.8 Å². The summed E-state index contributed by atoms with van der Waals surface area (Å²) in [6.45, 7) is 6.63. The summed E-state index contributed by atoms with van der Waals surface area (Å²) in [5, 5.41) is 0. The zero-order valence-electron chi connectivity index (χ0n) is 35.8. The minimum absolute atomic E-state index is 0.0627. The fourth-order valence-electron chi connectivity index (χ4n) is 7.03. The quantitative estimate of drug-likeness (QED) is 0.0351. The molecular formula is C47H90O6. The lowest BCUT2D eigenvalue weighted by molar-refractivity contribution is -0.167. The second kappa shape index (κ2) is 43.1. The SMILES string of the molecule is CCCCCCCCCCCCCCCCC(=O)OCC(COC(=O)CCCCCCCCCC)OC(=O)CCCCCCCCCCCCCCC. The second-order valence-electron chi connectivity index (χ2n) is 16.0. The van der Waals surface area contributed by atoms with E-state index < -0.39 is 6.10 Å². The fraction of sp³-hybridized carbons (Fsp3) is 0.936. The summed E-state index contributed by atoms with van der Waals surface area (Å²) < 4.78 is 16.7. The molecule has 0 saturated carbocycles. The van der Waals surface area contributed by atoms with Crippen LogP contribution < -0.4 is 0 Å². The number of carbonyl (C=O) groups excluding carboxylic acids is 3. The van der Waals surface area contributed by atoms with Gasteiger partial charge in [-0.3, -0.25) is 14.4 Å². The van der Waals surface area contributed by atoms with Crippen molar-refractivity contribution in [3.05, 3.63) is 0 Å². The van der Waals surface area contributed by atoms with E-state index in [4.69, 9.17) is 14.2 Å². The molecule has 6 heteroatoms. The first-order chi connectivity index (χ1) is 26.0. The maximum atomic E-state index is 12.7. The van der Waals surface area contributed by atoms with Crippen molar-refractivity contribution in [2.45, 2.75) is 271 Å². The van der Waals surface area contributed by atoms with Crippen molar-refractivity contribution in [1.29, 1.82) is 0 Å². The van der Waals surface area contributed by atoms with Crippen LogP contribution in [0.1, 0.15) is 265 Å². The lowest BCUT2D eigenvalue weighted by Gasteiger charge is -2.18. The van der Waals surface area contributed by atoms with Gasteiger partial charge in [0.05, 0.1) is 0 Å². The summed E-state index contributed by atoms with van der Waals surface area (Å²) in [6, 6.07) is 0. The molecule has 53 heavy (non-hydrogen) atoms. The monoisotopic (exact) mass is 751 g/mol. The molecule has 0 radical (unpaired) electrons. The Balaban J connectivity index is 4.27. The zero-order chi connectivity index (χ0) is 38.7. The molecule has 0 saturated heterocycles. The van der Waals surface area contributed by atoms with Crippen molar-refractivity contribution in [1.82, 2.24) is 0 Å². The number of hydrogen-bond donors (Lipinski definition) is 0. The Labute approximate surface area is 329 Å². The number of hydrogen-bond acceptors (Lipinski definition) is 6. The number of carbonyl (C=O) groups is 3. The topological polar surface area (TPSA) is 78.9 Å². The number of esters is 3. The van der Waals surface area contributed by atoms with E-state index in [1.807, 2.05) is 0 Å². The Morgan fingerprint density at radius 1 is 0.302 bits per heavy atom. The molecule has 0 N–H and O–H groups in total. The Hall–Kier alpha value is -1.59. The van der Waals surface area contributed by atoms with Gasteiger partial charge in [0.25, 0.3) is 0 Å². The molecule has 0 spiro atoms. The minimum atomic E-state index is -0.757. The van der Waals surface area contributed by atoms with Gasteiger partial charge in [-0.1, -0.05) is 226 Å². The summed E-state index contributed by atoms with van der Waals surface area (Å²) in [5.41, 5.74) is 0. The number of rotatable bonds is 43. The van der Waals surface area contributed by atoms with E-state index in [-0.39, 0.29) is 31.1 Å². The van der Waals surface area contributed by atoms with Crippen molar-refractivity contribution in [2.24, 2.45) is 0 Å². The molecule has 0 aromatic carbocycles. The highest BCUT2D eigenvalue weighted by molar-refractivity contribution is 5.71. The molecule has 0 amide bonds. The molecular weight excluding hydrogens is 661 g/mol. The van der Waals surface area contributed by atoms with Gasteiger partial charge < -0.3 is 14.2 Å². The van der Waals surface area contributed by atoms with Gasteiger partial charge in [0.1, 0.15) is 13.2 Å². The van der Waals surface area contributed by atoms with Gasteiger partial charge in [0, 0.05) is 19.3 Å². The lowest BCUT2D eigenvalue weighted by atomic mass is 10.0. The van der Waals surface area contributed by atoms with Crippen LogP contribution in [0.5, 0.6) is 0 Å². The van der Waals surface area contributed by atoms with Crippen molar-refractivity contribution >= 4 is 17.9 Å². The highest BCUT2D eigenvalue weighted by Gasteiger charge is 2.19. The molecule has 0 heterocycles. The summed E-state index contributed by atoms with van der Waals surface area (Å²) in [4.78, 5) is 37.7. The van der Waals surface area contributed by atoms with Crippen LogP contribution in [0.2, 0.25) is 0 Å². The minimum Gasteiger partial charge on any atom is -0.462 e. The predicted octanol–water partition coefficient (Wildman–Crippen LogP) is 14.9. The van der Waals surface area contributed by atoms with Gasteiger partial charge in [-0.2, -0.15) is 0 Å². The third kappa shape index (κ3) is 41.4. The molecule has 314 valence electrons. The van der Waals surface area contributed by atoms with Crippen molar-refractivity contribution in [2.75, 3.05) is 13.2 Å². The Morgan fingerprint density at radius 3 is 0.755 bits per heavy atom. The average molecular weight is 751 g/mol. The molecule has 0 aromatic rings. The Morgan fingerprint density at radius 2 is 0.509 bits per heavy atom. The average Bonchev–Trinajstić information content (AvgIpc) is 3.15. The molecule has 0 aliphatic rings. The highest BCUT2D eigenvalue weighted by Crippen LogP contribution is 2.16. The Bertz CT molecular complexity index is 783. The number of unbranched alkanes of at least 4 members (excludes halogenated alkanes) is 32. The van der Waals surface area contributed by atoms with Gasteiger partial charge in [-0.25, -0.2) is 0 Å². The molecule has 0 aliphatic heterocycles. The first-order valence-electron chi connectivity index (χ1n) is 23.5. The van der Waals surface area contributed by atoms with Gasteiger partial charge in [0.2, 0.25) is 0 Å². The molecule has 0 bridgehead atoms. The molecule has 1 unspecified atom stereocenters. The Kier molecular flexibility index (Phi) is 41.8. The van der Waals surface area contributed by atoms with Crippen molar-refractivity contribution < 1.29 is 28.6 Å². The van der Waals surface area contributed by atoms with E-state index in [9.17, 15) is 14.4 Å². The largest absolute Gasteiger partial charge is 0.462 e. The maximum Gasteiger partial charge on any atom is 0.306 e. The van der Waals surface area contributed by atoms with E-state index in [1.54, 1.807) is 0 Å². The first-order valence-corrected chi connectivity index (χ1v) is 23.5. The molecule has 0 rings (SSSR count). The maximum absolute atomic E-state index is 12.7. The van der Waals surface area contributed by atoms with Gasteiger partial charge in [-0.05, 0) is 19.3 Å². The summed E-state index contributed by atoms with van der Waals surface area (Å²) in [5.74, 6) is -0.853. The molecule has 0 aromatic heterocycles. The predicted molar refractivity (Wildman–Crippen MR) is 224 cm³/mol. The lowest BCUT2D eigenvalue weighted by Crippen LogP contribution is -2.30. The second-order valence-corrected chi connectivity index (χ2v) is 16.0. The summed E-state index contributed by atoms with van der Waals surface area (Å²) in [6.07, 6.45) is 43.7. The van der Waals surface area contributed by atoms with Crippen LogP contribution >= 0.6 is 0 Å². The fourth-order valence-corrected chi connectivity index (χ4v) is 7.03. The third-order valence-electron chi connectivity index (χ3n) is 10.6. The normalized spacial score (nSPS) is 11.8. The van der Waals surface area contributed by atoms with Crippen LogP contribution in [-0.4, -0.2) is 37.2 Å². The van der Waals surface area contributed by atoms with E-state index >= 15 is 0 Å². The zero-order valence-corrected chi connectivity index (χ0v) is 35.8. The van der Waals surface area contributed by atoms with Crippen LogP contribution in [0.15, 0.2) is 0 Å². The molecule has 0 aliphatic carbocycles. The van der Waals surface area contributed by atoms with Crippen LogP contribution in [-0.2, 0) is 28.6 Å². The van der Waals surface area contributed by atoms with Crippen LogP contribution in [0.4, 0.5) is 0 Å². The van der Waals surface area contributed by atoms with E-state index in [0.29, 0.717) is 19.3 Å². The smallest absolute Gasteiger partial charge is 0.306 e. The standard InChI is InChI=1S/C47H90O6/c1-4-7-10-13-16-19-21-23-25-26-28-31-34-37-40-46(49)52-43-44(42-51-45(48)39-36-33-30-18-15-12-9-6-3)53-47(50)41-38-35-32-29-27-24-22-20-17-14-11-8-5-2/h44H,4-43H2,1-3H3. The summed E-state index contributed by atoms with van der Waals surface area (Å²) in [7, 11) is 0. The van der Waals surface area contributed by atoms with Crippen molar-refractivity contribution in [3.63, 3.8) is 0 Å². The van der Waals surface area contributed by atoms with Crippen molar-refractivity contribution in [3.8, 4) is 0 Å². The van der Waals surface area contributed by atoms with Crippen LogP contribution in [0.25, 0.3) is 0 Å². The van der Waals surface area contributed by atoms with Gasteiger partial charge in [0.15, 0.2) is 6.10 Å². The highest BCUT2D eigenvalue weighted by atomic mass is 16.6. The van der Waals surface area contributed by atoms with Gasteiger partial charge >= 0.3 is 17.9 Å².